The lowest BCUT2D eigenvalue weighted by atomic mass is 10.2. The molecule has 0 spiro atoms. The van der Waals surface area contributed by atoms with Gasteiger partial charge >= 0.3 is 12.1 Å². The molecule has 1 heterocycles. The molecule has 158 valence electrons. The van der Waals surface area contributed by atoms with Crippen LogP contribution in [0.2, 0.25) is 0 Å². The van der Waals surface area contributed by atoms with Gasteiger partial charge in [-0.3, -0.25) is 4.79 Å². The van der Waals surface area contributed by atoms with Gasteiger partial charge in [-0.15, -0.1) is 0 Å². The third-order valence-electron chi connectivity index (χ3n) is 3.69. The van der Waals surface area contributed by atoms with Gasteiger partial charge in [0.2, 0.25) is 5.82 Å². The van der Waals surface area contributed by atoms with Crippen LogP contribution in [0.15, 0.2) is 57.9 Å². The number of alkyl halides is 3. The van der Waals surface area contributed by atoms with Crippen molar-refractivity contribution < 1.29 is 35.6 Å². The monoisotopic (exact) mass is 441 g/mol. The summed E-state index contributed by atoms with van der Waals surface area (Å²) < 4.78 is 70.0. The second-order valence-electron chi connectivity index (χ2n) is 6.08. The van der Waals surface area contributed by atoms with Gasteiger partial charge in [0.15, 0.2) is 16.4 Å². The van der Waals surface area contributed by atoms with Crippen molar-refractivity contribution in [3.63, 3.8) is 0 Å². The largest absolute Gasteiger partial charge is 0.484 e. The quantitative estimate of drug-likeness (QED) is 0.625. The molecule has 1 N–H and O–H groups in total. The van der Waals surface area contributed by atoms with Crippen LogP contribution in [-0.2, 0) is 20.8 Å². The van der Waals surface area contributed by atoms with Crippen molar-refractivity contribution in [2.45, 2.75) is 11.1 Å². The average molecular weight is 441 g/mol. The fraction of sp³-hybridized carbons (Fsp3) is 0.167. The van der Waals surface area contributed by atoms with Crippen LogP contribution < -0.4 is 10.1 Å². The Labute approximate surface area is 168 Å². The Balaban J connectivity index is 1.62. The molecule has 0 radical (unpaired) electrons. The minimum Gasteiger partial charge on any atom is -0.484 e. The predicted octanol–water partition coefficient (Wildman–Crippen LogP) is 3.18. The summed E-state index contributed by atoms with van der Waals surface area (Å²) in [5, 5.41) is 5.81. The van der Waals surface area contributed by atoms with Crippen LogP contribution in [-0.4, -0.2) is 37.3 Å². The first-order chi connectivity index (χ1) is 14.0. The number of carbonyl (C=O) groups is 1. The van der Waals surface area contributed by atoms with E-state index < -0.39 is 27.8 Å². The smallest absolute Gasteiger partial charge is 0.471 e. The molecule has 3 rings (SSSR count). The zero-order valence-corrected chi connectivity index (χ0v) is 16.1. The summed E-state index contributed by atoms with van der Waals surface area (Å²) in [6, 6.07) is 11.4. The second-order valence-corrected chi connectivity index (χ2v) is 8.10. The number of sulfone groups is 1. The van der Waals surface area contributed by atoms with E-state index in [1.165, 1.54) is 48.5 Å². The molecule has 0 aliphatic carbocycles. The summed E-state index contributed by atoms with van der Waals surface area (Å²) in [5.41, 5.74) is 0.496. The summed E-state index contributed by atoms with van der Waals surface area (Å²) in [6.07, 6.45) is -3.68. The topological polar surface area (TPSA) is 111 Å². The zero-order valence-electron chi connectivity index (χ0n) is 15.3. The number of hydrogen-bond donors (Lipinski definition) is 1. The Bertz CT molecular complexity index is 1160. The number of rotatable bonds is 6. The van der Waals surface area contributed by atoms with E-state index in [0.29, 0.717) is 0 Å². The van der Waals surface area contributed by atoms with Crippen molar-refractivity contribution in [1.82, 2.24) is 10.1 Å². The van der Waals surface area contributed by atoms with Crippen molar-refractivity contribution >= 4 is 21.4 Å². The molecule has 1 aromatic heterocycles. The molecule has 0 bridgehead atoms. The summed E-state index contributed by atoms with van der Waals surface area (Å²) in [5.74, 6) is -2.00. The summed E-state index contributed by atoms with van der Waals surface area (Å²) in [7, 11) is -3.34. The minimum absolute atomic E-state index is 0.117. The number of benzene rings is 2. The molecule has 2 aromatic carbocycles. The molecule has 8 nitrogen and oxygen atoms in total. The second kappa shape index (κ2) is 8.14. The van der Waals surface area contributed by atoms with E-state index >= 15 is 0 Å². The van der Waals surface area contributed by atoms with Gasteiger partial charge in [0.1, 0.15) is 5.75 Å². The first kappa shape index (κ1) is 21.3. The first-order valence-corrected chi connectivity index (χ1v) is 10.2. The Morgan fingerprint density at radius 2 is 1.87 bits per heavy atom. The number of halogens is 3. The van der Waals surface area contributed by atoms with Gasteiger partial charge in [-0.1, -0.05) is 17.3 Å². The Morgan fingerprint density at radius 3 is 2.47 bits per heavy atom. The zero-order chi connectivity index (χ0) is 21.9. The summed E-state index contributed by atoms with van der Waals surface area (Å²) in [4.78, 5) is 15.5. The highest BCUT2D eigenvalue weighted by Gasteiger charge is 2.38. The van der Waals surface area contributed by atoms with Gasteiger partial charge in [-0.25, -0.2) is 8.42 Å². The number of carbonyl (C=O) groups excluding carboxylic acids is 1. The molecule has 1 amide bonds. The highest BCUT2D eigenvalue weighted by Crippen LogP contribution is 2.29. The maximum Gasteiger partial charge on any atom is 0.471 e. The molecule has 0 saturated carbocycles. The molecule has 0 fully saturated rings. The van der Waals surface area contributed by atoms with Crippen molar-refractivity contribution in [2.75, 3.05) is 18.2 Å². The van der Waals surface area contributed by atoms with Crippen LogP contribution >= 0.6 is 0 Å². The third kappa shape index (κ3) is 5.35. The lowest BCUT2D eigenvalue weighted by Gasteiger charge is -2.08. The number of amides is 1. The van der Waals surface area contributed by atoms with Gasteiger partial charge in [-0.05, 0) is 36.4 Å². The molecular formula is C18H14F3N3O5S. The number of aromatic nitrogens is 2. The number of anilines is 1. The first-order valence-electron chi connectivity index (χ1n) is 8.26. The highest BCUT2D eigenvalue weighted by molar-refractivity contribution is 7.90. The molecule has 0 aliphatic heterocycles. The number of ether oxygens (including phenoxy) is 1. The van der Waals surface area contributed by atoms with Gasteiger partial charge in [0.05, 0.1) is 4.90 Å². The molecule has 3 aromatic rings. The molecule has 0 saturated heterocycles. The fourth-order valence-electron chi connectivity index (χ4n) is 2.32. The summed E-state index contributed by atoms with van der Waals surface area (Å²) >= 11 is 0. The number of nitrogens with zero attached hydrogens (tertiary/aromatic N) is 2. The maximum absolute atomic E-state index is 12.6. The van der Waals surface area contributed by atoms with Crippen LogP contribution in [0.5, 0.6) is 5.75 Å². The summed E-state index contributed by atoms with van der Waals surface area (Å²) in [6.45, 7) is -0.372. The lowest BCUT2D eigenvalue weighted by molar-refractivity contribution is -0.159. The number of hydrogen-bond acceptors (Lipinski definition) is 7. The van der Waals surface area contributed by atoms with Crippen molar-refractivity contribution in [2.24, 2.45) is 0 Å². The van der Waals surface area contributed by atoms with Crippen molar-refractivity contribution in [1.29, 1.82) is 0 Å². The van der Waals surface area contributed by atoms with E-state index in [9.17, 15) is 26.4 Å². The van der Waals surface area contributed by atoms with E-state index in [1.807, 2.05) is 0 Å². The molecular weight excluding hydrogens is 427 g/mol. The van der Waals surface area contributed by atoms with E-state index in [1.54, 1.807) is 0 Å². The molecule has 0 atom stereocenters. The Kier molecular flexibility index (Phi) is 5.78. The standard InChI is InChI=1S/C18H14F3N3O5S/c1-30(26,27)14-7-5-13(6-8-14)28-10-15(25)22-12-4-2-3-11(9-12)16-23-17(29-24-16)18(19,20)21/h2-9H,10H2,1H3,(H,22,25). The van der Waals surface area contributed by atoms with Crippen molar-refractivity contribution in [3.8, 4) is 17.1 Å². The number of nitrogens with one attached hydrogen (secondary N) is 1. The van der Waals surface area contributed by atoms with Crippen molar-refractivity contribution in [3.05, 3.63) is 54.4 Å². The van der Waals surface area contributed by atoms with E-state index in [4.69, 9.17) is 4.74 Å². The molecule has 30 heavy (non-hydrogen) atoms. The fourth-order valence-corrected chi connectivity index (χ4v) is 2.95. The van der Waals surface area contributed by atoms with E-state index in [-0.39, 0.29) is 34.3 Å². The predicted molar refractivity (Wildman–Crippen MR) is 98.4 cm³/mol. The van der Waals surface area contributed by atoms with Crippen LogP contribution in [0, 0.1) is 0 Å². The molecule has 12 heteroatoms. The normalized spacial score (nSPS) is 11.9. The Hall–Kier alpha value is -3.41. The maximum atomic E-state index is 12.6. The average Bonchev–Trinajstić information content (AvgIpc) is 3.17. The van der Waals surface area contributed by atoms with Crippen LogP contribution in [0.3, 0.4) is 0 Å². The van der Waals surface area contributed by atoms with E-state index in [0.717, 1.165) is 6.26 Å². The van der Waals surface area contributed by atoms with Crippen LogP contribution in [0.25, 0.3) is 11.4 Å². The van der Waals surface area contributed by atoms with Crippen LogP contribution in [0.4, 0.5) is 18.9 Å². The van der Waals surface area contributed by atoms with Gasteiger partial charge in [0.25, 0.3) is 5.91 Å². The van der Waals surface area contributed by atoms with Gasteiger partial charge < -0.3 is 14.6 Å². The minimum atomic E-state index is -4.76. The lowest BCUT2D eigenvalue weighted by Crippen LogP contribution is -2.20. The molecule has 0 aliphatic rings. The SMILES string of the molecule is CS(=O)(=O)c1ccc(OCC(=O)Nc2cccc(-c3noc(C(F)(F)F)n3)c2)cc1. The van der Waals surface area contributed by atoms with Crippen LogP contribution in [0.1, 0.15) is 5.89 Å². The highest BCUT2D eigenvalue weighted by atomic mass is 32.2. The third-order valence-corrected chi connectivity index (χ3v) is 4.82. The van der Waals surface area contributed by atoms with Gasteiger partial charge in [0, 0.05) is 17.5 Å². The Morgan fingerprint density at radius 1 is 1.17 bits per heavy atom. The van der Waals surface area contributed by atoms with Gasteiger partial charge in [-0.2, -0.15) is 18.2 Å². The molecule has 0 unspecified atom stereocenters. The van der Waals surface area contributed by atoms with E-state index in [2.05, 4.69) is 20.0 Å².